The zero-order valence-corrected chi connectivity index (χ0v) is 19.5. The Morgan fingerprint density at radius 1 is 1.06 bits per heavy atom. The molecule has 32 heavy (non-hydrogen) atoms. The van der Waals surface area contributed by atoms with Gasteiger partial charge in [0.05, 0.1) is 17.5 Å². The molecule has 11 heteroatoms. The molecule has 0 spiro atoms. The summed E-state index contributed by atoms with van der Waals surface area (Å²) in [5.41, 5.74) is 0.865. The molecule has 0 bridgehead atoms. The van der Waals surface area contributed by atoms with E-state index in [0.29, 0.717) is 0 Å². The second kappa shape index (κ2) is 13.1. The van der Waals surface area contributed by atoms with Gasteiger partial charge in [0.15, 0.2) is 0 Å². The van der Waals surface area contributed by atoms with Crippen LogP contribution in [0.15, 0.2) is 29.2 Å². The molecule has 0 amide bonds. The maximum Gasteiger partial charge on any atom is 0.305 e. The summed E-state index contributed by atoms with van der Waals surface area (Å²) in [4.78, 5) is 34.4. The number of aliphatic hydroxyl groups is 1. The Hall–Kier alpha value is -2.50. The third-order valence-corrected chi connectivity index (χ3v) is 5.88. The fraction of sp³-hybridized carbons (Fsp3) is 0.571. The lowest BCUT2D eigenvalue weighted by Crippen LogP contribution is -2.51. The van der Waals surface area contributed by atoms with Crippen LogP contribution in [0.2, 0.25) is 0 Å². The van der Waals surface area contributed by atoms with Crippen molar-refractivity contribution in [2.75, 3.05) is 13.2 Å². The predicted octanol–water partition coefficient (Wildman–Crippen LogP) is 1.23. The van der Waals surface area contributed by atoms with E-state index < -0.39 is 52.8 Å². The van der Waals surface area contributed by atoms with Crippen LogP contribution in [0.25, 0.3) is 0 Å². The van der Waals surface area contributed by atoms with Gasteiger partial charge in [0.25, 0.3) is 0 Å². The summed E-state index contributed by atoms with van der Waals surface area (Å²) in [6, 6.07) is 4.99. The summed E-state index contributed by atoms with van der Waals surface area (Å²) in [5.74, 6) is -1.89. The van der Waals surface area contributed by atoms with E-state index in [4.69, 9.17) is 14.2 Å². The number of hydrogen-bond donors (Lipinski definition) is 2. The van der Waals surface area contributed by atoms with Gasteiger partial charge in [-0.05, 0) is 38.8 Å². The second-order valence-corrected chi connectivity index (χ2v) is 8.90. The van der Waals surface area contributed by atoms with Crippen LogP contribution in [0, 0.1) is 6.92 Å². The number of sulfonamides is 1. The molecule has 10 nitrogen and oxygen atoms in total. The molecule has 2 N–H and O–H groups in total. The number of aliphatic hydroxyl groups excluding tert-OH is 1. The monoisotopic (exact) mass is 473 g/mol. The van der Waals surface area contributed by atoms with Crippen LogP contribution >= 0.6 is 0 Å². The van der Waals surface area contributed by atoms with Crippen LogP contribution < -0.4 is 4.72 Å². The molecule has 0 unspecified atom stereocenters. The van der Waals surface area contributed by atoms with Crippen molar-refractivity contribution in [1.82, 2.24) is 4.72 Å². The first kappa shape index (κ1) is 27.5. The van der Waals surface area contributed by atoms with Gasteiger partial charge in [-0.15, -0.1) is 0 Å². The topological polar surface area (TPSA) is 145 Å². The molecule has 0 aliphatic rings. The Kier molecular flexibility index (Phi) is 11.3. The third kappa shape index (κ3) is 9.75. The molecule has 0 saturated heterocycles. The van der Waals surface area contributed by atoms with Gasteiger partial charge in [-0.25, -0.2) is 13.1 Å². The zero-order valence-electron chi connectivity index (χ0n) is 18.7. The molecule has 0 fully saturated rings. The number of aryl methyl sites for hydroxylation is 1. The minimum Gasteiger partial charge on any atom is -0.466 e. The lowest BCUT2D eigenvalue weighted by atomic mass is 10.0. The smallest absolute Gasteiger partial charge is 0.305 e. The number of esters is 3. The maximum absolute atomic E-state index is 12.9. The van der Waals surface area contributed by atoms with Crippen molar-refractivity contribution < 1.29 is 42.1 Å². The van der Waals surface area contributed by atoms with Gasteiger partial charge in [-0.2, -0.15) is 0 Å². The van der Waals surface area contributed by atoms with E-state index in [2.05, 4.69) is 4.72 Å². The summed E-state index contributed by atoms with van der Waals surface area (Å²) in [5, 5.41) is 10.5. The number of carbonyl (C=O) groups excluding carboxylic acids is 3. The van der Waals surface area contributed by atoms with Crippen molar-refractivity contribution in [3.63, 3.8) is 0 Å². The molecule has 3 atom stereocenters. The van der Waals surface area contributed by atoms with Crippen LogP contribution in [-0.4, -0.2) is 62.9 Å². The summed E-state index contributed by atoms with van der Waals surface area (Å²) in [6.07, 6.45) is -2.63. The van der Waals surface area contributed by atoms with E-state index in [1.54, 1.807) is 19.1 Å². The van der Waals surface area contributed by atoms with E-state index >= 15 is 0 Å². The molecule has 0 radical (unpaired) electrons. The molecule has 0 heterocycles. The van der Waals surface area contributed by atoms with Gasteiger partial charge in [0.2, 0.25) is 10.0 Å². The summed E-state index contributed by atoms with van der Waals surface area (Å²) < 4.78 is 43.1. The Morgan fingerprint density at radius 3 is 2.22 bits per heavy atom. The van der Waals surface area contributed by atoms with Gasteiger partial charge in [-0.3, -0.25) is 14.4 Å². The van der Waals surface area contributed by atoms with Gasteiger partial charge in [0, 0.05) is 20.3 Å². The van der Waals surface area contributed by atoms with Crippen molar-refractivity contribution >= 4 is 27.9 Å². The van der Waals surface area contributed by atoms with Crippen LogP contribution in [0.4, 0.5) is 0 Å². The Bertz CT molecular complexity index is 868. The van der Waals surface area contributed by atoms with Gasteiger partial charge in [-0.1, -0.05) is 17.7 Å². The van der Waals surface area contributed by atoms with Crippen molar-refractivity contribution in [3.05, 3.63) is 29.8 Å². The highest BCUT2D eigenvalue weighted by molar-refractivity contribution is 7.89. The van der Waals surface area contributed by atoms with E-state index in [9.17, 15) is 27.9 Å². The van der Waals surface area contributed by atoms with Gasteiger partial charge in [0.1, 0.15) is 18.8 Å². The minimum atomic E-state index is -4.06. The fourth-order valence-electron chi connectivity index (χ4n) is 2.89. The number of nitrogens with one attached hydrogen (secondary N) is 1. The van der Waals surface area contributed by atoms with Crippen molar-refractivity contribution in [3.8, 4) is 0 Å². The molecule has 0 aromatic heterocycles. The third-order valence-electron chi connectivity index (χ3n) is 4.37. The number of ether oxygens (including phenoxy) is 3. The van der Waals surface area contributed by atoms with Crippen LogP contribution in [0.1, 0.15) is 45.6 Å². The minimum absolute atomic E-state index is 0.00340. The highest BCUT2D eigenvalue weighted by atomic mass is 32.2. The van der Waals surface area contributed by atoms with Gasteiger partial charge < -0.3 is 19.3 Å². The van der Waals surface area contributed by atoms with Gasteiger partial charge >= 0.3 is 17.9 Å². The number of hydrogen-bond acceptors (Lipinski definition) is 9. The standard InChI is InChI=1S/C21H31NO9S/c1-5-29-20(26)8-6-7-18(21(31-16(4)24)19(25)13-30-15(3)23)22-32(27,28)17-11-9-14(2)10-12-17/h9-12,18-19,21-22,25H,5-8,13H2,1-4H3/t18-,19+,21+/m0/s1. The zero-order chi connectivity index (χ0) is 24.3. The highest BCUT2D eigenvalue weighted by Gasteiger charge is 2.35. The molecule has 0 aliphatic heterocycles. The number of rotatable bonds is 13. The Balaban J connectivity index is 3.15. The molecule has 0 saturated carbocycles. The van der Waals surface area contributed by atoms with Crippen molar-refractivity contribution in [2.45, 2.75) is 70.1 Å². The quantitative estimate of drug-likeness (QED) is 0.319. The molecule has 1 aromatic rings. The Labute approximate surface area is 188 Å². The highest BCUT2D eigenvalue weighted by Crippen LogP contribution is 2.18. The molecular formula is C21H31NO9S. The fourth-order valence-corrected chi connectivity index (χ4v) is 4.17. The predicted molar refractivity (Wildman–Crippen MR) is 114 cm³/mol. The molecular weight excluding hydrogens is 442 g/mol. The lowest BCUT2D eigenvalue weighted by Gasteiger charge is -2.30. The normalized spacial score (nSPS) is 14.2. The number of carbonyl (C=O) groups is 3. The van der Waals surface area contributed by atoms with E-state index in [1.807, 2.05) is 6.92 Å². The molecule has 0 aliphatic carbocycles. The molecule has 1 aromatic carbocycles. The number of benzene rings is 1. The average Bonchev–Trinajstić information content (AvgIpc) is 2.69. The average molecular weight is 474 g/mol. The van der Waals surface area contributed by atoms with Crippen LogP contribution in [0.5, 0.6) is 0 Å². The first-order chi connectivity index (χ1) is 15.0. The van der Waals surface area contributed by atoms with E-state index in [-0.39, 0.29) is 30.8 Å². The summed E-state index contributed by atoms with van der Waals surface area (Å²) in [6.45, 7) is 5.43. The van der Waals surface area contributed by atoms with Crippen LogP contribution in [0.3, 0.4) is 0 Å². The maximum atomic E-state index is 12.9. The first-order valence-corrected chi connectivity index (χ1v) is 11.7. The van der Waals surface area contributed by atoms with Crippen molar-refractivity contribution in [1.29, 1.82) is 0 Å². The van der Waals surface area contributed by atoms with Crippen molar-refractivity contribution in [2.24, 2.45) is 0 Å². The van der Waals surface area contributed by atoms with E-state index in [1.165, 1.54) is 12.1 Å². The molecule has 1 rings (SSSR count). The Morgan fingerprint density at radius 2 is 1.69 bits per heavy atom. The second-order valence-electron chi connectivity index (χ2n) is 7.18. The SMILES string of the molecule is CCOC(=O)CCC[C@H](NS(=O)(=O)c1ccc(C)cc1)[C@@H](OC(C)=O)[C@H](O)COC(C)=O. The lowest BCUT2D eigenvalue weighted by molar-refractivity contribution is -0.160. The van der Waals surface area contributed by atoms with E-state index in [0.717, 1.165) is 19.4 Å². The first-order valence-electron chi connectivity index (χ1n) is 10.2. The summed E-state index contributed by atoms with van der Waals surface area (Å²) >= 11 is 0. The largest absolute Gasteiger partial charge is 0.466 e. The van der Waals surface area contributed by atoms with Crippen LogP contribution in [-0.2, 0) is 38.6 Å². The summed E-state index contributed by atoms with van der Waals surface area (Å²) in [7, 11) is -4.06. The molecule has 180 valence electrons.